The number of nitrogens with zero attached hydrogens (tertiary/aromatic N) is 1. The number of hydrogen-bond donors (Lipinski definition) is 0. The van der Waals surface area contributed by atoms with Gasteiger partial charge in [-0.2, -0.15) is 0 Å². The highest BCUT2D eigenvalue weighted by molar-refractivity contribution is 6.31. The first-order valence-electron chi connectivity index (χ1n) is 5.47. The van der Waals surface area contributed by atoms with E-state index < -0.39 is 4.92 Å². The Morgan fingerprint density at radius 2 is 1.70 bits per heavy atom. The minimum absolute atomic E-state index is 0.0520. The third-order valence-electron chi connectivity index (χ3n) is 2.50. The Labute approximate surface area is 130 Å². The van der Waals surface area contributed by atoms with Gasteiger partial charge in [0.15, 0.2) is 0 Å². The molecule has 20 heavy (non-hydrogen) atoms. The van der Waals surface area contributed by atoms with Gasteiger partial charge in [-0.3, -0.25) is 10.1 Å². The minimum Gasteiger partial charge on any atom is -0.450 e. The molecule has 0 unspecified atom stereocenters. The van der Waals surface area contributed by atoms with E-state index >= 15 is 0 Å². The molecule has 0 radical (unpaired) electrons. The molecular formula is C13H8Cl3NO3. The first kappa shape index (κ1) is 14.9. The standard InChI is InChI=1S/C13H8Cl3NO3/c14-7-8-5-9(15)2-4-12(8)20-13-6-10(16)1-3-11(13)17(18)19/h1-6H,7H2. The average molecular weight is 333 g/mol. The number of halogens is 3. The van der Waals surface area contributed by atoms with E-state index in [0.717, 1.165) is 0 Å². The molecular weight excluding hydrogens is 325 g/mol. The second-order valence-corrected chi connectivity index (χ2v) is 5.00. The minimum atomic E-state index is -0.540. The van der Waals surface area contributed by atoms with Crippen LogP contribution in [0.25, 0.3) is 0 Å². The number of rotatable bonds is 4. The molecule has 0 fully saturated rings. The van der Waals surface area contributed by atoms with Crippen LogP contribution in [0.1, 0.15) is 5.56 Å². The summed E-state index contributed by atoms with van der Waals surface area (Å²) in [5.41, 5.74) is 0.457. The van der Waals surface area contributed by atoms with E-state index in [2.05, 4.69) is 0 Å². The highest BCUT2D eigenvalue weighted by Gasteiger charge is 2.17. The van der Waals surface area contributed by atoms with Crippen molar-refractivity contribution < 1.29 is 9.66 Å². The number of hydrogen-bond acceptors (Lipinski definition) is 3. The van der Waals surface area contributed by atoms with Crippen molar-refractivity contribution >= 4 is 40.5 Å². The molecule has 0 aliphatic heterocycles. The van der Waals surface area contributed by atoms with Crippen LogP contribution in [0.5, 0.6) is 11.5 Å². The van der Waals surface area contributed by atoms with E-state index in [4.69, 9.17) is 39.5 Å². The van der Waals surface area contributed by atoms with E-state index in [-0.39, 0.29) is 17.3 Å². The molecule has 0 saturated heterocycles. The Bertz CT molecular complexity index is 661. The molecule has 0 N–H and O–H groups in total. The lowest BCUT2D eigenvalue weighted by molar-refractivity contribution is -0.385. The van der Waals surface area contributed by atoms with Gasteiger partial charge in [-0.15, -0.1) is 11.6 Å². The molecule has 0 atom stereocenters. The van der Waals surface area contributed by atoms with Crippen LogP contribution >= 0.6 is 34.8 Å². The van der Waals surface area contributed by atoms with Crippen molar-refractivity contribution in [3.05, 3.63) is 62.1 Å². The van der Waals surface area contributed by atoms with Gasteiger partial charge in [0.1, 0.15) is 5.75 Å². The SMILES string of the molecule is O=[N+]([O-])c1ccc(Cl)cc1Oc1ccc(Cl)cc1CCl. The van der Waals surface area contributed by atoms with Gasteiger partial charge < -0.3 is 4.74 Å². The summed E-state index contributed by atoms with van der Waals surface area (Å²) in [6.07, 6.45) is 0. The third kappa shape index (κ3) is 3.33. The maximum Gasteiger partial charge on any atom is 0.311 e. The average Bonchev–Trinajstić information content (AvgIpc) is 2.40. The van der Waals surface area contributed by atoms with Gasteiger partial charge in [0.25, 0.3) is 0 Å². The lowest BCUT2D eigenvalue weighted by Crippen LogP contribution is -1.95. The van der Waals surface area contributed by atoms with Gasteiger partial charge in [-0.25, -0.2) is 0 Å². The van der Waals surface area contributed by atoms with Gasteiger partial charge >= 0.3 is 5.69 Å². The molecule has 2 aromatic rings. The first-order valence-corrected chi connectivity index (χ1v) is 6.76. The zero-order valence-electron chi connectivity index (χ0n) is 9.98. The van der Waals surface area contributed by atoms with E-state index in [9.17, 15) is 10.1 Å². The molecule has 2 rings (SSSR count). The van der Waals surface area contributed by atoms with Crippen molar-refractivity contribution in [2.45, 2.75) is 5.88 Å². The summed E-state index contributed by atoms with van der Waals surface area (Å²) in [7, 11) is 0. The normalized spacial score (nSPS) is 10.3. The van der Waals surface area contributed by atoms with E-state index in [1.54, 1.807) is 18.2 Å². The molecule has 0 bridgehead atoms. The van der Waals surface area contributed by atoms with Gasteiger partial charge in [0.2, 0.25) is 5.75 Å². The lowest BCUT2D eigenvalue weighted by Gasteiger charge is -2.10. The number of nitro groups is 1. The van der Waals surface area contributed by atoms with Crippen molar-refractivity contribution in [1.82, 2.24) is 0 Å². The maximum absolute atomic E-state index is 11.0. The largest absolute Gasteiger partial charge is 0.450 e. The Hall–Kier alpha value is -1.49. The van der Waals surface area contributed by atoms with Crippen LogP contribution in [0.2, 0.25) is 10.0 Å². The van der Waals surface area contributed by atoms with Crippen LogP contribution in [0.4, 0.5) is 5.69 Å². The van der Waals surface area contributed by atoms with Crippen molar-refractivity contribution in [1.29, 1.82) is 0 Å². The Balaban J connectivity index is 2.44. The van der Waals surface area contributed by atoms with Crippen LogP contribution in [0, 0.1) is 10.1 Å². The fraction of sp³-hybridized carbons (Fsp3) is 0.0769. The van der Waals surface area contributed by atoms with Gasteiger partial charge in [0.05, 0.1) is 10.8 Å². The number of alkyl halides is 1. The van der Waals surface area contributed by atoms with Gasteiger partial charge in [-0.05, 0) is 24.3 Å². The molecule has 0 aromatic heterocycles. The highest BCUT2D eigenvalue weighted by Crippen LogP contribution is 2.36. The second-order valence-electron chi connectivity index (χ2n) is 3.86. The third-order valence-corrected chi connectivity index (χ3v) is 3.26. The van der Waals surface area contributed by atoms with Crippen molar-refractivity contribution in [2.75, 3.05) is 0 Å². The molecule has 104 valence electrons. The van der Waals surface area contributed by atoms with Crippen LogP contribution < -0.4 is 4.74 Å². The quantitative estimate of drug-likeness (QED) is 0.426. The molecule has 4 nitrogen and oxygen atoms in total. The summed E-state index contributed by atoms with van der Waals surface area (Å²) in [5, 5.41) is 11.8. The van der Waals surface area contributed by atoms with Crippen LogP contribution in [0.15, 0.2) is 36.4 Å². The molecule has 7 heteroatoms. The predicted molar refractivity (Wildman–Crippen MR) is 79.2 cm³/mol. The molecule has 0 aliphatic rings. The summed E-state index contributed by atoms with van der Waals surface area (Å²) in [5.74, 6) is 0.621. The second kappa shape index (κ2) is 6.31. The molecule has 2 aromatic carbocycles. The van der Waals surface area contributed by atoms with E-state index in [0.29, 0.717) is 21.4 Å². The van der Waals surface area contributed by atoms with Crippen LogP contribution in [-0.2, 0) is 5.88 Å². The number of ether oxygens (including phenoxy) is 1. The summed E-state index contributed by atoms with van der Waals surface area (Å²) < 4.78 is 5.56. The maximum atomic E-state index is 11.0. The van der Waals surface area contributed by atoms with E-state index in [1.165, 1.54) is 18.2 Å². The van der Waals surface area contributed by atoms with Crippen LogP contribution in [0.3, 0.4) is 0 Å². The highest BCUT2D eigenvalue weighted by atomic mass is 35.5. The Kier molecular flexibility index (Phi) is 4.70. The predicted octanol–water partition coefficient (Wildman–Crippen LogP) is 5.43. The molecule has 0 saturated carbocycles. The molecule has 0 spiro atoms. The molecule has 0 aliphatic carbocycles. The van der Waals surface area contributed by atoms with Crippen molar-refractivity contribution in [3.63, 3.8) is 0 Å². The Morgan fingerprint density at radius 3 is 2.35 bits per heavy atom. The zero-order valence-corrected chi connectivity index (χ0v) is 12.2. The topological polar surface area (TPSA) is 52.4 Å². The zero-order chi connectivity index (χ0) is 14.7. The first-order chi connectivity index (χ1) is 9.51. The fourth-order valence-electron chi connectivity index (χ4n) is 1.59. The van der Waals surface area contributed by atoms with Crippen LogP contribution in [-0.4, -0.2) is 4.92 Å². The summed E-state index contributed by atoms with van der Waals surface area (Å²) in [4.78, 5) is 10.4. The summed E-state index contributed by atoms with van der Waals surface area (Å²) in [6, 6.07) is 8.95. The molecule has 0 amide bonds. The van der Waals surface area contributed by atoms with Crippen molar-refractivity contribution in [2.24, 2.45) is 0 Å². The smallest absolute Gasteiger partial charge is 0.311 e. The Morgan fingerprint density at radius 1 is 1.05 bits per heavy atom. The van der Waals surface area contributed by atoms with Gasteiger partial charge in [-0.1, -0.05) is 23.2 Å². The fourth-order valence-corrected chi connectivity index (χ4v) is 2.16. The lowest BCUT2D eigenvalue weighted by atomic mass is 10.2. The molecule has 0 heterocycles. The number of benzene rings is 2. The summed E-state index contributed by atoms with van der Waals surface area (Å²) >= 11 is 17.5. The summed E-state index contributed by atoms with van der Waals surface area (Å²) in [6.45, 7) is 0. The van der Waals surface area contributed by atoms with Crippen molar-refractivity contribution in [3.8, 4) is 11.5 Å². The van der Waals surface area contributed by atoms with Gasteiger partial charge in [0, 0.05) is 27.7 Å². The number of nitro benzene ring substituents is 1. The monoisotopic (exact) mass is 331 g/mol. The van der Waals surface area contributed by atoms with E-state index in [1.807, 2.05) is 0 Å².